The summed E-state index contributed by atoms with van der Waals surface area (Å²) < 4.78 is 26.0. The van der Waals surface area contributed by atoms with E-state index in [1.807, 2.05) is 0 Å². The number of likely N-dealkylation sites (tertiary alicyclic amines) is 1. The van der Waals surface area contributed by atoms with E-state index in [9.17, 15) is 8.42 Å². The van der Waals surface area contributed by atoms with Crippen LogP contribution in [0.1, 0.15) is 39.0 Å². The van der Waals surface area contributed by atoms with E-state index in [1.54, 1.807) is 6.92 Å². The molecule has 0 aromatic heterocycles. The van der Waals surface area contributed by atoms with Crippen LogP contribution in [0.25, 0.3) is 0 Å². The summed E-state index contributed by atoms with van der Waals surface area (Å²) in [6.45, 7) is 7.71. The lowest BCUT2D eigenvalue weighted by Crippen LogP contribution is -2.55. The van der Waals surface area contributed by atoms with E-state index in [0.717, 1.165) is 18.8 Å². The van der Waals surface area contributed by atoms with E-state index in [1.165, 1.54) is 52.0 Å². The number of piperidine rings is 1. The molecule has 2 saturated heterocycles. The molecule has 3 fully saturated rings. The first-order valence-corrected chi connectivity index (χ1v) is 10.1. The van der Waals surface area contributed by atoms with Crippen LogP contribution in [0.5, 0.6) is 0 Å². The van der Waals surface area contributed by atoms with Crippen LogP contribution < -0.4 is 10.0 Å². The van der Waals surface area contributed by atoms with E-state index in [2.05, 4.69) is 14.9 Å². The number of nitrogens with one attached hydrogen (secondary N) is 2. The van der Waals surface area contributed by atoms with Gasteiger partial charge in [0, 0.05) is 12.6 Å². The third kappa shape index (κ3) is 4.35. The van der Waals surface area contributed by atoms with Crippen molar-refractivity contribution in [1.29, 1.82) is 0 Å². The van der Waals surface area contributed by atoms with Crippen LogP contribution in [-0.2, 0) is 10.0 Å². The topological polar surface area (TPSA) is 61.4 Å². The molecular weight excluding hydrogens is 322 g/mol. The van der Waals surface area contributed by atoms with Gasteiger partial charge < -0.3 is 10.2 Å². The summed E-state index contributed by atoms with van der Waals surface area (Å²) in [4.78, 5) is 2.62. The lowest BCUT2D eigenvalue weighted by molar-refractivity contribution is 0.00936. The standard InChI is InChI=1S/C15H29N3O2S.ClH/c1-2-21(19,20)17-14-9-15(10-14)4-7-18(8-5-15)12-13-3-6-16-11-13;/h13-14,16-17H,2-12H2,1H3;1H. The molecule has 1 atom stereocenters. The first-order valence-electron chi connectivity index (χ1n) is 8.43. The number of hydrogen-bond acceptors (Lipinski definition) is 4. The van der Waals surface area contributed by atoms with Gasteiger partial charge in [0.05, 0.1) is 5.75 Å². The minimum atomic E-state index is -3.03. The monoisotopic (exact) mass is 351 g/mol. The maximum absolute atomic E-state index is 11.6. The Balaban J connectivity index is 0.00000176. The summed E-state index contributed by atoms with van der Waals surface area (Å²) in [5.41, 5.74) is 0.436. The van der Waals surface area contributed by atoms with Crippen LogP contribution in [0.2, 0.25) is 0 Å². The van der Waals surface area contributed by atoms with Crippen molar-refractivity contribution in [2.24, 2.45) is 11.3 Å². The predicted molar refractivity (Wildman–Crippen MR) is 92.0 cm³/mol. The van der Waals surface area contributed by atoms with Gasteiger partial charge in [0.25, 0.3) is 0 Å². The highest BCUT2D eigenvalue weighted by Gasteiger charge is 2.46. The highest BCUT2D eigenvalue weighted by atomic mass is 35.5. The Morgan fingerprint density at radius 2 is 1.95 bits per heavy atom. The van der Waals surface area contributed by atoms with E-state index in [0.29, 0.717) is 5.41 Å². The van der Waals surface area contributed by atoms with Gasteiger partial charge in [0.15, 0.2) is 0 Å². The number of hydrogen-bond donors (Lipinski definition) is 2. The van der Waals surface area contributed by atoms with Gasteiger partial charge in [-0.3, -0.25) is 0 Å². The number of halogens is 1. The quantitative estimate of drug-likeness (QED) is 0.781. The van der Waals surface area contributed by atoms with Crippen LogP contribution >= 0.6 is 12.4 Å². The summed E-state index contributed by atoms with van der Waals surface area (Å²) in [6, 6.07) is 0.195. The maximum Gasteiger partial charge on any atom is 0.211 e. The van der Waals surface area contributed by atoms with Crippen molar-refractivity contribution in [3.63, 3.8) is 0 Å². The zero-order valence-electron chi connectivity index (χ0n) is 13.5. The molecule has 0 aromatic carbocycles. The SMILES string of the molecule is CCS(=O)(=O)NC1CC2(CCN(CC3CCNC3)CC2)C1.Cl. The first-order chi connectivity index (χ1) is 10.0. The Morgan fingerprint density at radius 1 is 1.27 bits per heavy atom. The molecule has 0 amide bonds. The summed E-state index contributed by atoms with van der Waals surface area (Å²) >= 11 is 0. The molecule has 0 radical (unpaired) electrons. The maximum atomic E-state index is 11.6. The smallest absolute Gasteiger partial charge is 0.211 e. The highest BCUT2D eigenvalue weighted by molar-refractivity contribution is 7.89. The van der Waals surface area contributed by atoms with Gasteiger partial charge in [-0.15, -0.1) is 12.4 Å². The molecule has 1 aliphatic carbocycles. The van der Waals surface area contributed by atoms with Gasteiger partial charge in [-0.05, 0) is 76.5 Å². The molecule has 5 nitrogen and oxygen atoms in total. The predicted octanol–water partition coefficient (Wildman–Crippen LogP) is 1.20. The summed E-state index contributed by atoms with van der Waals surface area (Å²) in [7, 11) is -3.03. The molecule has 1 spiro atoms. The third-order valence-corrected chi connectivity index (χ3v) is 7.13. The molecule has 7 heteroatoms. The number of sulfonamides is 1. The fraction of sp³-hybridized carbons (Fsp3) is 1.00. The van der Waals surface area contributed by atoms with E-state index in [-0.39, 0.29) is 24.2 Å². The fourth-order valence-corrected chi connectivity index (χ4v) is 5.10. The van der Waals surface area contributed by atoms with Gasteiger partial charge in [0.2, 0.25) is 10.0 Å². The Bertz CT molecular complexity index is 449. The van der Waals surface area contributed by atoms with Crippen molar-refractivity contribution in [2.75, 3.05) is 38.5 Å². The van der Waals surface area contributed by atoms with Crippen molar-refractivity contribution >= 4 is 22.4 Å². The van der Waals surface area contributed by atoms with E-state index < -0.39 is 10.0 Å². The average Bonchev–Trinajstić information content (AvgIpc) is 2.92. The fourth-order valence-electron chi connectivity index (χ4n) is 4.26. The molecule has 2 N–H and O–H groups in total. The molecule has 3 rings (SSSR count). The summed E-state index contributed by atoms with van der Waals surface area (Å²) in [5, 5.41) is 3.44. The number of rotatable bonds is 5. The van der Waals surface area contributed by atoms with Crippen molar-refractivity contribution in [3.8, 4) is 0 Å². The first kappa shape index (κ1) is 18.5. The Labute approximate surface area is 141 Å². The summed E-state index contributed by atoms with van der Waals surface area (Å²) in [5.74, 6) is 1.03. The minimum absolute atomic E-state index is 0. The average molecular weight is 352 g/mol. The second-order valence-corrected chi connectivity index (χ2v) is 9.33. The van der Waals surface area contributed by atoms with Crippen LogP contribution in [0, 0.1) is 11.3 Å². The van der Waals surface area contributed by atoms with Crippen LogP contribution in [-0.4, -0.2) is 57.8 Å². The molecule has 1 saturated carbocycles. The van der Waals surface area contributed by atoms with E-state index >= 15 is 0 Å². The molecule has 2 heterocycles. The van der Waals surface area contributed by atoms with E-state index in [4.69, 9.17) is 0 Å². The van der Waals surface area contributed by atoms with Crippen LogP contribution in [0.4, 0.5) is 0 Å². The van der Waals surface area contributed by atoms with Crippen molar-refractivity contribution in [3.05, 3.63) is 0 Å². The van der Waals surface area contributed by atoms with Crippen molar-refractivity contribution < 1.29 is 8.42 Å². The van der Waals surface area contributed by atoms with Crippen LogP contribution in [0.3, 0.4) is 0 Å². The normalized spacial score (nSPS) is 29.2. The Morgan fingerprint density at radius 3 is 2.50 bits per heavy atom. The lowest BCUT2D eigenvalue weighted by Gasteiger charge is -2.52. The van der Waals surface area contributed by atoms with Gasteiger partial charge >= 0.3 is 0 Å². The molecular formula is C15H30ClN3O2S. The van der Waals surface area contributed by atoms with Crippen LogP contribution in [0.15, 0.2) is 0 Å². The largest absolute Gasteiger partial charge is 0.316 e. The number of nitrogens with zero attached hydrogens (tertiary/aromatic N) is 1. The molecule has 2 aliphatic heterocycles. The molecule has 3 aliphatic rings. The molecule has 0 bridgehead atoms. The van der Waals surface area contributed by atoms with Gasteiger partial charge in [-0.1, -0.05) is 0 Å². The molecule has 1 unspecified atom stereocenters. The summed E-state index contributed by atoms with van der Waals surface area (Å²) in [6.07, 6.45) is 5.91. The van der Waals surface area contributed by atoms with Crippen molar-refractivity contribution in [2.45, 2.75) is 45.1 Å². The second kappa shape index (κ2) is 7.34. The zero-order valence-corrected chi connectivity index (χ0v) is 15.1. The van der Waals surface area contributed by atoms with Crippen molar-refractivity contribution in [1.82, 2.24) is 14.9 Å². The molecule has 0 aromatic rings. The Hall–Kier alpha value is 0.120. The van der Waals surface area contributed by atoms with Gasteiger partial charge in [-0.2, -0.15) is 0 Å². The second-order valence-electron chi connectivity index (χ2n) is 7.29. The minimum Gasteiger partial charge on any atom is -0.316 e. The Kier molecular flexibility index (Phi) is 6.16. The lowest BCUT2D eigenvalue weighted by atomic mass is 9.60. The third-order valence-electron chi connectivity index (χ3n) is 5.68. The van der Waals surface area contributed by atoms with Gasteiger partial charge in [-0.25, -0.2) is 13.1 Å². The van der Waals surface area contributed by atoms with Gasteiger partial charge in [0.1, 0.15) is 0 Å². The highest BCUT2D eigenvalue weighted by Crippen LogP contribution is 2.49. The molecule has 130 valence electrons. The zero-order chi connectivity index (χ0) is 14.9. The molecule has 22 heavy (non-hydrogen) atoms.